The first-order valence-corrected chi connectivity index (χ1v) is 7.76. The fraction of sp³-hybridized carbons (Fsp3) is 1.00. The van der Waals surface area contributed by atoms with E-state index in [0.717, 1.165) is 44.7 Å². The van der Waals surface area contributed by atoms with Gasteiger partial charge in [0.05, 0.1) is 6.10 Å². The quantitative estimate of drug-likeness (QED) is 0.740. The van der Waals surface area contributed by atoms with Crippen molar-refractivity contribution in [3.8, 4) is 0 Å². The Bertz CT molecular complexity index is 217. The molecule has 3 heteroatoms. The van der Waals surface area contributed by atoms with Gasteiger partial charge in [-0.15, -0.1) is 0 Å². The molecule has 2 aliphatic heterocycles. The molecule has 2 unspecified atom stereocenters. The minimum Gasteiger partial charge on any atom is -0.381 e. The number of piperidine rings is 1. The van der Waals surface area contributed by atoms with Crippen molar-refractivity contribution < 1.29 is 9.47 Å². The van der Waals surface area contributed by atoms with E-state index in [1.165, 1.54) is 38.5 Å². The molecule has 0 aromatic carbocycles. The largest absolute Gasteiger partial charge is 0.381 e. The molecule has 18 heavy (non-hydrogen) atoms. The van der Waals surface area contributed by atoms with Gasteiger partial charge in [-0.05, 0) is 44.1 Å². The Morgan fingerprint density at radius 3 is 2.78 bits per heavy atom. The van der Waals surface area contributed by atoms with Crippen LogP contribution in [0, 0.1) is 11.8 Å². The molecule has 2 atom stereocenters. The third kappa shape index (κ3) is 4.87. The average Bonchev–Trinajstić information content (AvgIpc) is 2.42. The van der Waals surface area contributed by atoms with Crippen molar-refractivity contribution >= 4 is 0 Å². The molecule has 0 aliphatic carbocycles. The second-order valence-corrected chi connectivity index (χ2v) is 5.93. The van der Waals surface area contributed by atoms with E-state index >= 15 is 0 Å². The smallest absolute Gasteiger partial charge is 0.0725 e. The fourth-order valence-corrected chi connectivity index (χ4v) is 2.99. The van der Waals surface area contributed by atoms with Gasteiger partial charge >= 0.3 is 0 Å². The van der Waals surface area contributed by atoms with Crippen molar-refractivity contribution in [2.75, 3.05) is 32.9 Å². The average molecular weight is 255 g/mol. The summed E-state index contributed by atoms with van der Waals surface area (Å²) < 4.78 is 11.4. The molecule has 2 rings (SSSR count). The molecule has 106 valence electrons. The minimum atomic E-state index is 0.446. The van der Waals surface area contributed by atoms with E-state index in [-0.39, 0.29) is 0 Å². The Labute approximate surface area is 112 Å². The molecule has 2 saturated heterocycles. The highest BCUT2D eigenvalue weighted by atomic mass is 16.5. The molecule has 2 fully saturated rings. The third-order valence-corrected chi connectivity index (χ3v) is 4.44. The summed E-state index contributed by atoms with van der Waals surface area (Å²) in [5.41, 5.74) is 0. The third-order valence-electron chi connectivity index (χ3n) is 4.44. The van der Waals surface area contributed by atoms with E-state index in [2.05, 4.69) is 12.2 Å². The second-order valence-electron chi connectivity index (χ2n) is 5.93. The van der Waals surface area contributed by atoms with Crippen LogP contribution in [-0.4, -0.2) is 39.0 Å². The van der Waals surface area contributed by atoms with E-state index in [9.17, 15) is 0 Å². The zero-order chi connectivity index (χ0) is 12.6. The molecule has 0 aromatic heterocycles. The van der Waals surface area contributed by atoms with Crippen LogP contribution in [0.2, 0.25) is 0 Å². The molecule has 0 spiro atoms. The summed E-state index contributed by atoms with van der Waals surface area (Å²) in [6, 6.07) is 0. The lowest BCUT2D eigenvalue weighted by atomic mass is 9.94. The van der Waals surface area contributed by atoms with Gasteiger partial charge in [-0.2, -0.15) is 0 Å². The molecule has 1 N–H and O–H groups in total. The van der Waals surface area contributed by atoms with Gasteiger partial charge < -0.3 is 14.8 Å². The van der Waals surface area contributed by atoms with Gasteiger partial charge in [0.1, 0.15) is 0 Å². The Morgan fingerprint density at radius 2 is 2.00 bits per heavy atom. The first-order chi connectivity index (χ1) is 8.86. The number of hydrogen-bond acceptors (Lipinski definition) is 3. The van der Waals surface area contributed by atoms with Crippen LogP contribution in [0.5, 0.6) is 0 Å². The predicted molar refractivity (Wildman–Crippen MR) is 73.8 cm³/mol. The second kappa shape index (κ2) is 8.13. The first-order valence-electron chi connectivity index (χ1n) is 7.76. The van der Waals surface area contributed by atoms with Gasteiger partial charge in [-0.3, -0.25) is 0 Å². The van der Waals surface area contributed by atoms with Crippen LogP contribution in [0.25, 0.3) is 0 Å². The maximum atomic E-state index is 6.00. The topological polar surface area (TPSA) is 30.5 Å². The van der Waals surface area contributed by atoms with Crippen LogP contribution in [0.4, 0.5) is 0 Å². The number of unbranched alkanes of at least 4 members (excludes halogenated alkanes) is 1. The summed E-state index contributed by atoms with van der Waals surface area (Å²) in [4.78, 5) is 0. The van der Waals surface area contributed by atoms with Crippen molar-refractivity contribution in [2.45, 2.75) is 51.6 Å². The summed E-state index contributed by atoms with van der Waals surface area (Å²) in [5.74, 6) is 1.63. The van der Waals surface area contributed by atoms with Crippen LogP contribution in [-0.2, 0) is 9.47 Å². The number of hydrogen-bond donors (Lipinski definition) is 1. The van der Waals surface area contributed by atoms with Crippen LogP contribution in [0.15, 0.2) is 0 Å². The SMILES string of the molecule is CC1CCNCC1OCCCCC1CCOCC1. The highest BCUT2D eigenvalue weighted by molar-refractivity contribution is 4.75. The van der Waals surface area contributed by atoms with Crippen molar-refractivity contribution in [3.05, 3.63) is 0 Å². The number of nitrogens with one attached hydrogen (secondary N) is 1. The highest BCUT2D eigenvalue weighted by Crippen LogP contribution is 2.21. The van der Waals surface area contributed by atoms with Crippen LogP contribution < -0.4 is 5.32 Å². The molecular weight excluding hydrogens is 226 g/mol. The number of ether oxygens (including phenoxy) is 2. The van der Waals surface area contributed by atoms with E-state index in [4.69, 9.17) is 9.47 Å². The van der Waals surface area contributed by atoms with Gasteiger partial charge in [0.2, 0.25) is 0 Å². The first kappa shape index (κ1) is 14.3. The fourth-order valence-electron chi connectivity index (χ4n) is 2.99. The Hall–Kier alpha value is -0.120. The zero-order valence-electron chi connectivity index (χ0n) is 11.8. The van der Waals surface area contributed by atoms with Crippen LogP contribution >= 0.6 is 0 Å². The summed E-state index contributed by atoms with van der Waals surface area (Å²) in [7, 11) is 0. The van der Waals surface area contributed by atoms with Crippen LogP contribution in [0.3, 0.4) is 0 Å². The lowest BCUT2D eigenvalue weighted by Crippen LogP contribution is -2.41. The Kier molecular flexibility index (Phi) is 6.46. The summed E-state index contributed by atoms with van der Waals surface area (Å²) >= 11 is 0. The Balaban J connectivity index is 1.47. The van der Waals surface area contributed by atoms with Crippen LogP contribution in [0.1, 0.15) is 45.4 Å². The molecule has 2 aliphatic rings. The highest BCUT2D eigenvalue weighted by Gasteiger charge is 2.21. The predicted octanol–water partition coefficient (Wildman–Crippen LogP) is 2.60. The zero-order valence-corrected chi connectivity index (χ0v) is 11.8. The lowest BCUT2D eigenvalue weighted by Gasteiger charge is -2.29. The molecule has 0 radical (unpaired) electrons. The molecule has 0 aromatic rings. The van der Waals surface area contributed by atoms with Crippen molar-refractivity contribution in [2.24, 2.45) is 11.8 Å². The van der Waals surface area contributed by atoms with Gasteiger partial charge in [-0.1, -0.05) is 19.8 Å². The molecule has 2 heterocycles. The van der Waals surface area contributed by atoms with Gasteiger partial charge in [0.15, 0.2) is 0 Å². The van der Waals surface area contributed by atoms with Crippen molar-refractivity contribution in [1.82, 2.24) is 5.32 Å². The maximum absolute atomic E-state index is 6.00. The monoisotopic (exact) mass is 255 g/mol. The minimum absolute atomic E-state index is 0.446. The summed E-state index contributed by atoms with van der Waals surface area (Å²) in [5, 5.41) is 3.42. The molecule has 0 saturated carbocycles. The Morgan fingerprint density at radius 1 is 1.17 bits per heavy atom. The van der Waals surface area contributed by atoms with Gasteiger partial charge in [0, 0.05) is 26.4 Å². The van der Waals surface area contributed by atoms with E-state index in [0.29, 0.717) is 6.10 Å². The molecular formula is C15H29NO2. The maximum Gasteiger partial charge on any atom is 0.0725 e. The van der Waals surface area contributed by atoms with Gasteiger partial charge in [-0.25, -0.2) is 0 Å². The molecule has 0 bridgehead atoms. The van der Waals surface area contributed by atoms with E-state index in [1.807, 2.05) is 0 Å². The summed E-state index contributed by atoms with van der Waals surface area (Å²) in [6.45, 7) is 7.41. The van der Waals surface area contributed by atoms with Crippen molar-refractivity contribution in [1.29, 1.82) is 0 Å². The lowest BCUT2D eigenvalue weighted by molar-refractivity contribution is 0.00132. The summed E-state index contributed by atoms with van der Waals surface area (Å²) in [6.07, 6.45) is 8.15. The van der Waals surface area contributed by atoms with Crippen molar-refractivity contribution in [3.63, 3.8) is 0 Å². The van der Waals surface area contributed by atoms with E-state index < -0.39 is 0 Å². The standard InChI is InChI=1S/C15H29NO2/c1-13-5-8-16-12-15(13)18-9-3-2-4-14-6-10-17-11-7-14/h13-16H,2-12H2,1H3. The molecule has 0 amide bonds. The normalized spacial score (nSPS) is 30.5. The molecule has 3 nitrogen and oxygen atoms in total. The van der Waals surface area contributed by atoms with E-state index in [1.54, 1.807) is 0 Å². The van der Waals surface area contributed by atoms with Gasteiger partial charge in [0.25, 0.3) is 0 Å². The number of rotatable bonds is 6.